The summed E-state index contributed by atoms with van der Waals surface area (Å²) in [5.74, 6) is 0.269. The Hall–Kier alpha value is -2.00. The average Bonchev–Trinajstić information content (AvgIpc) is 2.42. The van der Waals surface area contributed by atoms with Crippen molar-refractivity contribution in [2.24, 2.45) is 0 Å². The standard InChI is InChI=1S/C16H15ClFNO/c1-2-3-12-9-13(19)5-7-16(12)20-10-11-4-6-14(17)15(18)8-11/h2,4-9H,1,3,10,19H2. The molecule has 0 saturated heterocycles. The highest BCUT2D eigenvalue weighted by Crippen LogP contribution is 2.24. The molecule has 2 aromatic carbocycles. The molecule has 2 rings (SSSR count). The summed E-state index contributed by atoms with van der Waals surface area (Å²) in [6.45, 7) is 3.97. The van der Waals surface area contributed by atoms with Gasteiger partial charge in [0.2, 0.25) is 0 Å². The van der Waals surface area contributed by atoms with Gasteiger partial charge in [-0.1, -0.05) is 23.7 Å². The Kier molecular flexibility index (Phi) is 4.64. The molecule has 4 heteroatoms. The Morgan fingerprint density at radius 3 is 2.75 bits per heavy atom. The molecule has 0 aromatic heterocycles. The second kappa shape index (κ2) is 6.44. The van der Waals surface area contributed by atoms with Gasteiger partial charge in [-0.05, 0) is 47.9 Å². The van der Waals surface area contributed by atoms with Gasteiger partial charge in [0.05, 0.1) is 5.02 Å². The number of rotatable bonds is 5. The molecule has 0 fully saturated rings. The Labute approximate surface area is 122 Å². The number of ether oxygens (including phenoxy) is 1. The minimum Gasteiger partial charge on any atom is -0.489 e. The minimum absolute atomic E-state index is 0.105. The van der Waals surface area contributed by atoms with Crippen LogP contribution in [0.3, 0.4) is 0 Å². The van der Waals surface area contributed by atoms with E-state index in [0.717, 1.165) is 11.3 Å². The molecular formula is C16H15ClFNO. The third kappa shape index (κ3) is 3.52. The number of anilines is 1. The van der Waals surface area contributed by atoms with Crippen LogP contribution in [-0.2, 0) is 13.0 Å². The maximum absolute atomic E-state index is 13.3. The summed E-state index contributed by atoms with van der Waals surface area (Å²) >= 11 is 5.64. The van der Waals surface area contributed by atoms with Gasteiger partial charge in [0.25, 0.3) is 0 Å². The average molecular weight is 292 g/mol. The van der Waals surface area contributed by atoms with Crippen LogP contribution in [0.5, 0.6) is 5.75 Å². The molecule has 2 nitrogen and oxygen atoms in total. The van der Waals surface area contributed by atoms with E-state index in [-0.39, 0.29) is 11.6 Å². The van der Waals surface area contributed by atoms with Crippen molar-refractivity contribution in [3.05, 3.63) is 71.0 Å². The first-order valence-electron chi connectivity index (χ1n) is 6.16. The molecule has 0 aliphatic heterocycles. The summed E-state index contributed by atoms with van der Waals surface area (Å²) in [5, 5.41) is 0.105. The number of hydrogen-bond donors (Lipinski definition) is 1. The molecular weight excluding hydrogens is 277 g/mol. The second-order valence-corrected chi connectivity index (χ2v) is 4.80. The summed E-state index contributed by atoms with van der Waals surface area (Å²) in [5.41, 5.74) is 8.09. The predicted molar refractivity (Wildman–Crippen MR) is 80.5 cm³/mol. The molecule has 0 aliphatic rings. The van der Waals surface area contributed by atoms with Gasteiger partial charge in [-0.25, -0.2) is 4.39 Å². The first-order valence-corrected chi connectivity index (χ1v) is 6.54. The Bertz CT molecular complexity index is 628. The molecule has 0 saturated carbocycles. The van der Waals surface area contributed by atoms with Crippen molar-refractivity contribution in [2.45, 2.75) is 13.0 Å². The van der Waals surface area contributed by atoms with E-state index in [2.05, 4.69) is 6.58 Å². The van der Waals surface area contributed by atoms with E-state index in [1.54, 1.807) is 24.3 Å². The maximum Gasteiger partial charge on any atom is 0.142 e. The monoisotopic (exact) mass is 291 g/mol. The smallest absolute Gasteiger partial charge is 0.142 e. The molecule has 0 heterocycles. The lowest BCUT2D eigenvalue weighted by Gasteiger charge is -2.11. The number of hydrogen-bond acceptors (Lipinski definition) is 2. The third-order valence-electron chi connectivity index (χ3n) is 2.83. The number of nitrogen functional groups attached to an aromatic ring is 1. The van der Waals surface area contributed by atoms with Crippen molar-refractivity contribution in [3.63, 3.8) is 0 Å². The van der Waals surface area contributed by atoms with Crippen LogP contribution in [0.15, 0.2) is 49.1 Å². The fraction of sp³-hybridized carbons (Fsp3) is 0.125. The lowest BCUT2D eigenvalue weighted by molar-refractivity contribution is 0.303. The van der Waals surface area contributed by atoms with Crippen LogP contribution in [0.25, 0.3) is 0 Å². The summed E-state index contributed by atoms with van der Waals surface area (Å²) in [7, 11) is 0. The molecule has 0 amide bonds. The van der Waals surface area contributed by atoms with Crippen molar-refractivity contribution < 1.29 is 9.13 Å². The molecule has 0 spiro atoms. The molecule has 0 bridgehead atoms. The van der Waals surface area contributed by atoms with Crippen molar-refractivity contribution in [2.75, 3.05) is 5.73 Å². The zero-order valence-corrected chi connectivity index (χ0v) is 11.7. The summed E-state index contributed by atoms with van der Waals surface area (Å²) < 4.78 is 19.1. The van der Waals surface area contributed by atoms with E-state index >= 15 is 0 Å². The van der Waals surface area contributed by atoms with Gasteiger partial charge in [0.15, 0.2) is 0 Å². The molecule has 0 radical (unpaired) electrons. The highest BCUT2D eigenvalue weighted by Gasteiger charge is 2.05. The topological polar surface area (TPSA) is 35.2 Å². The molecule has 0 atom stereocenters. The van der Waals surface area contributed by atoms with Crippen LogP contribution in [0.1, 0.15) is 11.1 Å². The van der Waals surface area contributed by atoms with E-state index in [4.69, 9.17) is 22.1 Å². The van der Waals surface area contributed by atoms with Crippen molar-refractivity contribution in [3.8, 4) is 5.75 Å². The summed E-state index contributed by atoms with van der Waals surface area (Å²) in [4.78, 5) is 0. The van der Waals surface area contributed by atoms with Gasteiger partial charge in [0.1, 0.15) is 18.2 Å². The van der Waals surface area contributed by atoms with Crippen molar-refractivity contribution in [1.82, 2.24) is 0 Å². The number of halogens is 2. The molecule has 0 aliphatic carbocycles. The highest BCUT2D eigenvalue weighted by molar-refractivity contribution is 6.30. The van der Waals surface area contributed by atoms with E-state index < -0.39 is 5.82 Å². The maximum atomic E-state index is 13.3. The zero-order valence-electron chi connectivity index (χ0n) is 10.9. The van der Waals surface area contributed by atoms with Crippen LogP contribution >= 0.6 is 11.6 Å². The van der Waals surface area contributed by atoms with Gasteiger partial charge in [-0.3, -0.25) is 0 Å². The van der Waals surface area contributed by atoms with E-state index in [1.165, 1.54) is 12.1 Å². The van der Waals surface area contributed by atoms with Crippen LogP contribution in [0, 0.1) is 5.82 Å². The fourth-order valence-electron chi connectivity index (χ4n) is 1.85. The Balaban J connectivity index is 2.13. The Morgan fingerprint density at radius 2 is 2.05 bits per heavy atom. The van der Waals surface area contributed by atoms with Crippen LogP contribution < -0.4 is 10.5 Å². The fourth-order valence-corrected chi connectivity index (χ4v) is 1.96. The number of benzene rings is 2. The van der Waals surface area contributed by atoms with Crippen molar-refractivity contribution >= 4 is 17.3 Å². The van der Waals surface area contributed by atoms with Crippen LogP contribution in [0.4, 0.5) is 10.1 Å². The quantitative estimate of drug-likeness (QED) is 0.656. The normalized spacial score (nSPS) is 10.3. The second-order valence-electron chi connectivity index (χ2n) is 4.40. The van der Waals surface area contributed by atoms with Gasteiger partial charge < -0.3 is 10.5 Å². The molecule has 20 heavy (non-hydrogen) atoms. The zero-order chi connectivity index (χ0) is 14.5. The lowest BCUT2D eigenvalue weighted by Crippen LogP contribution is -2.00. The molecule has 0 unspecified atom stereocenters. The number of nitrogens with two attached hydrogens (primary N) is 1. The van der Waals surface area contributed by atoms with E-state index in [0.29, 0.717) is 17.7 Å². The van der Waals surface area contributed by atoms with Crippen LogP contribution in [0.2, 0.25) is 5.02 Å². The highest BCUT2D eigenvalue weighted by atomic mass is 35.5. The van der Waals surface area contributed by atoms with Gasteiger partial charge in [-0.15, -0.1) is 6.58 Å². The first kappa shape index (κ1) is 14.4. The summed E-state index contributed by atoms with van der Waals surface area (Å²) in [6, 6.07) is 10.0. The van der Waals surface area contributed by atoms with Crippen LogP contribution in [-0.4, -0.2) is 0 Å². The minimum atomic E-state index is -0.448. The largest absolute Gasteiger partial charge is 0.489 e. The van der Waals surface area contributed by atoms with Crippen molar-refractivity contribution in [1.29, 1.82) is 0 Å². The lowest BCUT2D eigenvalue weighted by atomic mass is 10.1. The SMILES string of the molecule is C=CCc1cc(N)ccc1OCc1ccc(Cl)c(F)c1. The van der Waals surface area contributed by atoms with Gasteiger partial charge in [0, 0.05) is 5.69 Å². The molecule has 2 N–H and O–H groups in total. The van der Waals surface area contributed by atoms with E-state index in [9.17, 15) is 4.39 Å². The molecule has 2 aromatic rings. The Morgan fingerprint density at radius 1 is 1.25 bits per heavy atom. The molecule has 104 valence electrons. The van der Waals surface area contributed by atoms with E-state index in [1.807, 2.05) is 6.07 Å². The number of allylic oxidation sites excluding steroid dienone is 1. The predicted octanol–water partition coefficient (Wildman–Crippen LogP) is 4.37. The third-order valence-corrected chi connectivity index (χ3v) is 3.13. The van der Waals surface area contributed by atoms with Gasteiger partial charge >= 0.3 is 0 Å². The van der Waals surface area contributed by atoms with Gasteiger partial charge in [-0.2, -0.15) is 0 Å². The summed E-state index contributed by atoms with van der Waals surface area (Å²) in [6.07, 6.45) is 2.44. The first-order chi connectivity index (χ1) is 9.60.